The van der Waals surface area contributed by atoms with Crippen LogP contribution >= 0.6 is 15.9 Å². The van der Waals surface area contributed by atoms with Crippen molar-refractivity contribution in [1.82, 2.24) is 0 Å². The van der Waals surface area contributed by atoms with Crippen LogP contribution in [0.1, 0.15) is 5.56 Å². The van der Waals surface area contributed by atoms with Gasteiger partial charge in [0.25, 0.3) is 0 Å². The fourth-order valence-corrected chi connectivity index (χ4v) is 3.20. The maximum Gasteiger partial charge on any atom is 0.245 e. The van der Waals surface area contributed by atoms with Gasteiger partial charge in [0.15, 0.2) is 0 Å². The highest BCUT2D eigenvalue weighted by molar-refractivity contribution is 9.10. The van der Waals surface area contributed by atoms with E-state index in [4.69, 9.17) is 0 Å². The van der Waals surface area contributed by atoms with Gasteiger partial charge in [0.05, 0.1) is 11.9 Å². The van der Waals surface area contributed by atoms with Gasteiger partial charge in [0, 0.05) is 10.2 Å². The number of benzene rings is 2. The molecule has 0 aliphatic rings. The summed E-state index contributed by atoms with van der Waals surface area (Å²) in [6.45, 7) is 1.62. The molecule has 1 amide bonds. The van der Waals surface area contributed by atoms with E-state index in [0.717, 1.165) is 20.6 Å². The summed E-state index contributed by atoms with van der Waals surface area (Å²) in [5.41, 5.74) is 2.04. The van der Waals surface area contributed by atoms with Crippen LogP contribution in [0.2, 0.25) is 0 Å². The summed E-state index contributed by atoms with van der Waals surface area (Å²) in [6.07, 6.45) is 1.08. The third-order valence-electron chi connectivity index (χ3n) is 3.19. The predicted molar refractivity (Wildman–Crippen MR) is 96.1 cm³/mol. The van der Waals surface area contributed by atoms with Crippen LogP contribution in [0.5, 0.6) is 0 Å². The molecule has 0 saturated carbocycles. The lowest BCUT2D eigenvalue weighted by molar-refractivity contribution is -0.114. The van der Waals surface area contributed by atoms with Crippen molar-refractivity contribution in [2.24, 2.45) is 0 Å². The van der Waals surface area contributed by atoms with E-state index < -0.39 is 15.9 Å². The smallest absolute Gasteiger partial charge is 0.245 e. The van der Waals surface area contributed by atoms with Gasteiger partial charge >= 0.3 is 0 Å². The molecule has 7 heteroatoms. The number of aryl methyl sites for hydroxylation is 1. The first-order chi connectivity index (χ1) is 10.8. The van der Waals surface area contributed by atoms with Crippen molar-refractivity contribution in [3.05, 3.63) is 58.6 Å². The number of amides is 1. The Hall–Kier alpha value is -1.86. The molecule has 0 radical (unpaired) electrons. The SMILES string of the molecule is Cc1ccc(N(CC(=O)Nc2ccccc2)S(C)(=O)=O)cc1Br. The van der Waals surface area contributed by atoms with Crippen LogP contribution in [0, 0.1) is 6.92 Å². The van der Waals surface area contributed by atoms with E-state index >= 15 is 0 Å². The zero-order valence-electron chi connectivity index (χ0n) is 12.8. The van der Waals surface area contributed by atoms with Gasteiger partial charge in [-0.05, 0) is 36.8 Å². The van der Waals surface area contributed by atoms with Gasteiger partial charge in [0.2, 0.25) is 15.9 Å². The van der Waals surface area contributed by atoms with Crippen LogP contribution in [0.25, 0.3) is 0 Å². The number of sulfonamides is 1. The van der Waals surface area contributed by atoms with Crippen molar-refractivity contribution in [2.45, 2.75) is 6.92 Å². The average Bonchev–Trinajstić information content (AvgIpc) is 2.48. The second-order valence-electron chi connectivity index (χ2n) is 5.12. The lowest BCUT2D eigenvalue weighted by atomic mass is 10.2. The number of hydrogen-bond acceptors (Lipinski definition) is 3. The molecule has 0 aliphatic carbocycles. The van der Waals surface area contributed by atoms with Crippen LogP contribution in [-0.2, 0) is 14.8 Å². The van der Waals surface area contributed by atoms with Crippen LogP contribution in [0.4, 0.5) is 11.4 Å². The van der Waals surface area contributed by atoms with Crippen molar-refractivity contribution >= 4 is 43.2 Å². The zero-order chi connectivity index (χ0) is 17.0. The van der Waals surface area contributed by atoms with Crippen LogP contribution < -0.4 is 9.62 Å². The topological polar surface area (TPSA) is 66.5 Å². The molecule has 0 spiro atoms. The number of nitrogens with zero attached hydrogens (tertiary/aromatic N) is 1. The third kappa shape index (κ3) is 4.80. The second-order valence-corrected chi connectivity index (χ2v) is 7.88. The van der Waals surface area contributed by atoms with Gasteiger partial charge in [-0.2, -0.15) is 0 Å². The minimum Gasteiger partial charge on any atom is -0.325 e. The average molecular weight is 397 g/mol. The Bertz CT molecular complexity index is 807. The number of hydrogen-bond donors (Lipinski definition) is 1. The summed E-state index contributed by atoms with van der Waals surface area (Å²) in [7, 11) is -3.58. The summed E-state index contributed by atoms with van der Waals surface area (Å²) in [5, 5.41) is 2.68. The second kappa shape index (κ2) is 7.14. The van der Waals surface area contributed by atoms with Gasteiger partial charge in [-0.15, -0.1) is 0 Å². The van der Waals surface area contributed by atoms with Crippen molar-refractivity contribution in [2.75, 3.05) is 22.4 Å². The van der Waals surface area contributed by atoms with E-state index in [2.05, 4.69) is 21.2 Å². The number of rotatable bonds is 5. The van der Waals surface area contributed by atoms with Crippen LogP contribution in [0.15, 0.2) is 53.0 Å². The largest absolute Gasteiger partial charge is 0.325 e. The molecule has 0 unspecified atom stereocenters. The molecule has 2 rings (SSSR count). The van der Waals surface area contributed by atoms with E-state index in [1.54, 1.807) is 42.5 Å². The molecule has 2 aromatic rings. The van der Waals surface area contributed by atoms with Crippen molar-refractivity contribution in [3.8, 4) is 0 Å². The van der Waals surface area contributed by atoms with Gasteiger partial charge in [-0.1, -0.05) is 40.2 Å². The minimum absolute atomic E-state index is 0.288. The number of carbonyl (C=O) groups is 1. The van der Waals surface area contributed by atoms with E-state index in [-0.39, 0.29) is 6.54 Å². The van der Waals surface area contributed by atoms with E-state index in [9.17, 15) is 13.2 Å². The van der Waals surface area contributed by atoms with Crippen molar-refractivity contribution in [1.29, 1.82) is 0 Å². The summed E-state index contributed by atoms with van der Waals surface area (Å²) < 4.78 is 26.0. The fraction of sp³-hybridized carbons (Fsp3) is 0.188. The monoisotopic (exact) mass is 396 g/mol. The summed E-state index contributed by atoms with van der Waals surface area (Å²) in [6, 6.07) is 14.1. The molecule has 5 nitrogen and oxygen atoms in total. The fourth-order valence-electron chi connectivity index (χ4n) is 1.99. The van der Waals surface area contributed by atoms with Gasteiger partial charge in [-0.25, -0.2) is 8.42 Å². The Morgan fingerprint density at radius 3 is 2.39 bits per heavy atom. The molecular weight excluding hydrogens is 380 g/mol. The molecule has 23 heavy (non-hydrogen) atoms. The van der Waals surface area contributed by atoms with Crippen molar-refractivity contribution < 1.29 is 13.2 Å². The summed E-state index contributed by atoms with van der Waals surface area (Å²) >= 11 is 3.38. The lowest BCUT2D eigenvalue weighted by Crippen LogP contribution is -2.37. The van der Waals surface area contributed by atoms with E-state index in [1.165, 1.54) is 0 Å². The molecule has 0 fully saturated rings. The molecule has 1 N–H and O–H groups in total. The van der Waals surface area contributed by atoms with Crippen molar-refractivity contribution in [3.63, 3.8) is 0 Å². The zero-order valence-corrected chi connectivity index (χ0v) is 15.2. The van der Waals surface area contributed by atoms with E-state index in [1.807, 2.05) is 13.0 Å². The number of nitrogens with one attached hydrogen (secondary N) is 1. The molecule has 122 valence electrons. The Morgan fingerprint density at radius 2 is 1.83 bits per heavy atom. The standard InChI is InChI=1S/C16H17BrN2O3S/c1-12-8-9-14(10-15(12)17)19(23(2,21)22)11-16(20)18-13-6-4-3-5-7-13/h3-10H,11H2,1-2H3,(H,18,20). The number of anilines is 2. The van der Waals surface area contributed by atoms with Gasteiger partial charge < -0.3 is 5.32 Å². The molecule has 0 atom stereocenters. The molecular formula is C16H17BrN2O3S. The minimum atomic E-state index is -3.58. The highest BCUT2D eigenvalue weighted by Gasteiger charge is 2.21. The molecule has 0 saturated heterocycles. The summed E-state index contributed by atoms with van der Waals surface area (Å²) in [4.78, 5) is 12.2. The molecule has 2 aromatic carbocycles. The first-order valence-electron chi connectivity index (χ1n) is 6.86. The Morgan fingerprint density at radius 1 is 1.17 bits per heavy atom. The van der Waals surface area contributed by atoms with Gasteiger partial charge in [-0.3, -0.25) is 9.10 Å². The Labute approximate surface area is 144 Å². The third-order valence-corrected chi connectivity index (χ3v) is 5.18. The molecule has 0 heterocycles. The predicted octanol–water partition coefficient (Wildman–Crippen LogP) is 3.16. The Balaban J connectivity index is 2.23. The Kier molecular flexibility index (Phi) is 5.43. The normalized spacial score (nSPS) is 11.1. The molecule has 0 aliphatic heterocycles. The van der Waals surface area contributed by atoms with Gasteiger partial charge in [0.1, 0.15) is 6.54 Å². The molecule has 0 aromatic heterocycles. The lowest BCUT2D eigenvalue weighted by Gasteiger charge is -2.22. The first-order valence-corrected chi connectivity index (χ1v) is 9.50. The quantitative estimate of drug-likeness (QED) is 0.843. The number of halogens is 1. The maximum atomic E-state index is 12.2. The maximum absolute atomic E-state index is 12.2. The highest BCUT2D eigenvalue weighted by Crippen LogP contribution is 2.25. The number of carbonyl (C=O) groups excluding carboxylic acids is 1. The van der Waals surface area contributed by atoms with Crippen LogP contribution in [0.3, 0.4) is 0 Å². The first kappa shape index (κ1) is 17.5. The van der Waals surface area contributed by atoms with E-state index in [0.29, 0.717) is 11.4 Å². The highest BCUT2D eigenvalue weighted by atomic mass is 79.9. The summed E-state index contributed by atoms with van der Waals surface area (Å²) in [5.74, 6) is -0.404. The molecule has 0 bridgehead atoms. The van der Waals surface area contributed by atoms with Crippen LogP contribution in [-0.4, -0.2) is 27.1 Å². The number of para-hydroxylation sites is 1.